The van der Waals surface area contributed by atoms with Gasteiger partial charge >= 0.3 is 0 Å². The molecule has 3 nitrogen and oxygen atoms in total. The van der Waals surface area contributed by atoms with Crippen LogP contribution in [0.4, 0.5) is 13.2 Å². The minimum atomic E-state index is -1.28. The Labute approximate surface area is 115 Å². The first-order valence-corrected chi connectivity index (χ1v) is 6.68. The smallest absolute Gasteiger partial charge is 0.239 e. The monoisotopic (exact) mass is 286 g/mol. The van der Waals surface area contributed by atoms with Crippen LogP contribution >= 0.6 is 0 Å². The molecular weight excluding hydrogens is 269 g/mol. The number of carbonyl (C=O) groups is 1. The first kappa shape index (κ1) is 14.8. The van der Waals surface area contributed by atoms with Gasteiger partial charge in [0.05, 0.1) is 6.54 Å². The minimum absolute atomic E-state index is 0.171. The van der Waals surface area contributed by atoms with Gasteiger partial charge in [-0.15, -0.1) is 0 Å². The van der Waals surface area contributed by atoms with E-state index in [-0.39, 0.29) is 23.9 Å². The van der Waals surface area contributed by atoms with Crippen molar-refractivity contribution in [3.8, 4) is 0 Å². The van der Waals surface area contributed by atoms with Crippen LogP contribution in [0.2, 0.25) is 0 Å². The molecule has 0 aliphatic heterocycles. The molecule has 2 N–H and O–H groups in total. The zero-order valence-corrected chi connectivity index (χ0v) is 11.0. The van der Waals surface area contributed by atoms with Gasteiger partial charge in [0.1, 0.15) is 5.82 Å². The van der Waals surface area contributed by atoms with E-state index in [2.05, 4.69) is 0 Å². The fourth-order valence-corrected chi connectivity index (χ4v) is 2.57. The van der Waals surface area contributed by atoms with Crippen LogP contribution in [-0.2, 0) is 11.3 Å². The van der Waals surface area contributed by atoms with Gasteiger partial charge in [-0.05, 0) is 18.9 Å². The summed E-state index contributed by atoms with van der Waals surface area (Å²) >= 11 is 0. The van der Waals surface area contributed by atoms with Gasteiger partial charge in [0, 0.05) is 17.5 Å². The molecule has 2 rings (SSSR count). The summed E-state index contributed by atoms with van der Waals surface area (Å²) in [5.74, 6) is 1.81. The Morgan fingerprint density at radius 2 is 1.85 bits per heavy atom. The molecule has 0 radical (unpaired) electrons. The van der Waals surface area contributed by atoms with E-state index in [4.69, 9.17) is 5.84 Å². The van der Waals surface area contributed by atoms with Crippen molar-refractivity contribution >= 4 is 5.91 Å². The summed E-state index contributed by atoms with van der Waals surface area (Å²) in [5.41, 5.74) is -0.255. The topological polar surface area (TPSA) is 46.3 Å². The van der Waals surface area contributed by atoms with Crippen LogP contribution in [0.15, 0.2) is 12.1 Å². The average molecular weight is 286 g/mol. The Hall–Kier alpha value is -1.56. The van der Waals surface area contributed by atoms with Crippen molar-refractivity contribution in [3.63, 3.8) is 0 Å². The van der Waals surface area contributed by atoms with E-state index in [1.807, 2.05) is 0 Å². The lowest BCUT2D eigenvalue weighted by Crippen LogP contribution is -2.41. The molecule has 0 aromatic heterocycles. The summed E-state index contributed by atoms with van der Waals surface area (Å²) in [6.07, 6.45) is 4.54. The number of nitrogens with zero attached hydrogens (tertiary/aromatic N) is 1. The van der Waals surface area contributed by atoms with Crippen LogP contribution < -0.4 is 5.84 Å². The Balaban J connectivity index is 2.07. The van der Waals surface area contributed by atoms with Crippen LogP contribution in [0, 0.1) is 23.4 Å². The summed E-state index contributed by atoms with van der Waals surface area (Å²) in [4.78, 5) is 12.1. The summed E-state index contributed by atoms with van der Waals surface area (Å²) in [5, 5.41) is 0.854. The summed E-state index contributed by atoms with van der Waals surface area (Å²) in [7, 11) is 0. The molecule has 0 bridgehead atoms. The number of rotatable bonds is 3. The molecule has 1 aromatic rings. The molecule has 1 aliphatic rings. The highest BCUT2D eigenvalue weighted by molar-refractivity contribution is 5.78. The molecule has 1 aliphatic carbocycles. The van der Waals surface area contributed by atoms with Crippen LogP contribution in [0.5, 0.6) is 0 Å². The van der Waals surface area contributed by atoms with Gasteiger partial charge in [-0.2, -0.15) is 0 Å². The lowest BCUT2D eigenvalue weighted by atomic mass is 9.88. The maximum absolute atomic E-state index is 13.5. The van der Waals surface area contributed by atoms with Gasteiger partial charge in [-0.3, -0.25) is 9.80 Å². The van der Waals surface area contributed by atoms with Crippen molar-refractivity contribution in [3.05, 3.63) is 35.1 Å². The van der Waals surface area contributed by atoms with Crippen molar-refractivity contribution in [2.75, 3.05) is 0 Å². The Morgan fingerprint density at radius 3 is 2.50 bits per heavy atom. The number of amides is 1. The fraction of sp³-hybridized carbons (Fsp3) is 0.500. The minimum Gasteiger partial charge on any atom is -0.276 e. The van der Waals surface area contributed by atoms with E-state index in [0.717, 1.165) is 43.2 Å². The third-order valence-corrected chi connectivity index (χ3v) is 3.65. The predicted molar refractivity (Wildman–Crippen MR) is 67.6 cm³/mol. The van der Waals surface area contributed by atoms with Gasteiger partial charge < -0.3 is 0 Å². The number of carbonyl (C=O) groups excluding carboxylic acids is 1. The van der Waals surface area contributed by atoms with Crippen molar-refractivity contribution in [1.82, 2.24) is 5.01 Å². The van der Waals surface area contributed by atoms with Crippen molar-refractivity contribution in [1.29, 1.82) is 0 Å². The standard InChI is InChI=1S/C14H17F3N2O/c15-11-6-10(13(17)12(16)7-11)8-19(18)14(20)9-4-2-1-3-5-9/h6-7,9H,1-5,8,18H2. The molecule has 20 heavy (non-hydrogen) atoms. The SMILES string of the molecule is NN(Cc1cc(F)cc(F)c1F)C(=O)C1CCCCC1. The van der Waals surface area contributed by atoms with Crippen LogP contribution in [-0.4, -0.2) is 10.9 Å². The van der Waals surface area contributed by atoms with Gasteiger partial charge in [0.2, 0.25) is 5.91 Å². The van der Waals surface area contributed by atoms with E-state index in [9.17, 15) is 18.0 Å². The normalized spacial score (nSPS) is 16.2. The summed E-state index contributed by atoms with van der Waals surface area (Å²) in [6.45, 7) is -0.337. The van der Waals surface area contributed by atoms with E-state index in [1.165, 1.54) is 0 Å². The maximum atomic E-state index is 13.5. The van der Waals surface area contributed by atoms with Crippen molar-refractivity contribution in [2.45, 2.75) is 38.6 Å². The highest BCUT2D eigenvalue weighted by Crippen LogP contribution is 2.25. The molecular formula is C14H17F3N2O. The molecule has 1 aromatic carbocycles. The molecule has 0 saturated heterocycles. The Kier molecular flexibility index (Phi) is 4.65. The highest BCUT2D eigenvalue weighted by Gasteiger charge is 2.25. The van der Waals surface area contributed by atoms with Crippen molar-refractivity contribution in [2.24, 2.45) is 11.8 Å². The number of halogens is 3. The second kappa shape index (κ2) is 6.26. The summed E-state index contributed by atoms with van der Waals surface area (Å²) < 4.78 is 39.7. The average Bonchev–Trinajstić information content (AvgIpc) is 2.44. The van der Waals surface area contributed by atoms with E-state index in [1.54, 1.807) is 0 Å². The Bertz CT molecular complexity index is 501. The van der Waals surface area contributed by atoms with Crippen LogP contribution in [0.1, 0.15) is 37.7 Å². The van der Waals surface area contributed by atoms with Gasteiger partial charge in [-0.25, -0.2) is 19.0 Å². The number of benzene rings is 1. The first-order valence-electron chi connectivity index (χ1n) is 6.68. The zero-order chi connectivity index (χ0) is 14.7. The fourth-order valence-electron chi connectivity index (χ4n) is 2.57. The van der Waals surface area contributed by atoms with Crippen LogP contribution in [0.3, 0.4) is 0 Å². The lowest BCUT2D eigenvalue weighted by Gasteiger charge is -2.26. The second-order valence-corrected chi connectivity index (χ2v) is 5.16. The largest absolute Gasteiger partial charge is 0.276 e. The molecule has 1 amide bonds. The first-order chi connectivity index (χ1) is 9.49. The number of hydrogen-bond acceptors (Lipinski definition) is 2. The Morgan fingerprint density at radius 1 is 1.20 bits per heavy atom. The number of hydrogen-bond donors (Lipinski definition) is 1. The highest BCUT2D eigenvalue weighted by atomic mass is 19.2. The number of nitrogens with two attached hydrogens (primary N) is 1. The molecule has 0 spiro atoms. The van der Waals surface area contributed by atoms with E-state index in [0.29, 0.717) is 6.07 Å². The van der Waals surface area contributed by atoms with Gasteiger partial charge in [0.25, 0.3) is 0 Å². The third kappa shape index (κ3) is 3.30. The maximum Gasteiger partial charge on any atom is 0.239 e. The van der Waals surface area contributed by atoms with E-state index < -0.39 is 17.5 Å². The van der Waals surface area contributed by atoms with E-state index >= 15 is 0 Å². The van der Waals surface area contributed by atoms with Gasteiger partial charge in [0.15, 0.2) is 11.6 Å². The molecule has 110 valence electrons. The zero-order valence-electron chi connectivity index (χ0n) is 11.0. The summed E-state index contributed by atoms with van der Waals surface area (Å²) in [6, 6.07) is 1.31. The lowest BCUT2D eigenvalue weighted by molar-refractivity contribution is -0.137. The second-order valence-electron chi connectivity index (χ2n) is 5.16. The van der Waals surface area contributed by atoms with Crippen LogP contribution in [0.25, 0.3) is 0 Å². The molecule has 1 fully saturated rings. The third-order valence-electron chi connectivity index (χ3n) is 3.65. The molecule has 6 heteroatoms. The predicted octanol–water partition coefficient (Wildman–Crippen LogP) is 2.89. The van der Waals surface area contributed by atoms with Crippen molar-refractivity contribution < 1.29 is 18.0 Å². The molecule has 0 unspecified atom stereocenters. The molecule has 0 heterocycles. The quantitative estimate of drug-likeness (QED) is 0.402. The molecule has 0 atom stereocenters. The number of hydrazine groups is 1. The van der Waals surface area contributed by atoms with Gasteiger partial charge in [-0.1, -0.05) is 19.3 Å². The molecule has 1 saturated carbocycles.